The van der Waals surface area contributed by atoms with Gasteiger partial charge in [0.05, 0.1) is 36.6 Å². The van der Waals surface area contributed by atoms with E-state index in [-0.39, 0.29) is 36.4 Å². The maximum atomic E-state index is 12.0. The molecule has 15 heteroatoms. The Bertz CT molecular complexity index is 863. The summed E-state index contributed by atoms with van der Waals surface area (Å²) in [5, 5.41) is 65.9. The van der Waals surface area contributed by atoms with Crippen molar-refractivity contribution in [1.29, 1.82) is 0 Å². The van der Waals surface area contributed by atoms with Gasteiger partial charge < -0.3 is 60.2 Å². The van der Waals surface area contributed by atoms with Gasteiger partial charge in [-0.05, 0) is 19.3 Å². The Hall–Kier alpha value is -1.53. The van der Waals surface area contributed by atoms with Crippen molar-refractivity contribution in [3.05, 3.63) is 10.7 Å². The molecule has 39 heavy (non-hydrogen) atoms. The molecule has 2 amide bonds. The van der Waals surface area contributed by atoms with Gasteiger partial charge in [0.15, 0.2) is 6.29 Å². The third-order valence-electron chi connectivity index (χ3n) is 6.72. The zero-order valence-electron chi connectivity index (χ0n) is 21.9. The fourth-order valence-electron chi connectivity index (χ4n) is 4.52. The first-order valence-corrected chi connectivity index (χ1v) is 14.0. The van der Waals surface area contributed by atoms with Crippen molar-refractivity contribution in [2.45, 2.75) is 87.2 Å². The van der Waals surface area contributed by atoms with Crippen molar-refractivity contribution < 1.29 is 59.2 Å². The average molecular weight is 581 g/mol. The number of aliphatic hydroxyl groups is 6. The topological polar surface area (TPSA) is 216 Å². The molecule has 3 heterocycles. The Morgan fingerprint density at radius 2 is 1.87 bits per heavy atom. The lowest BCUT2D eigenvalue weighted by Crippen LogP contribution is -2.62. The molecular formula is C24H40N2O12S. The summed E-state index contributed by atoms with van der Waals surface area (Å²) in [6.45, 7) is -0.704. The van der Waals surface area contributed by atoms with E-state index in [4.69, 9.17) is 18.9 Å². The minimum absolute atomic E-state index is 0.0347. The number of thioether (sulfide) groups is 1. The fourth-order valence-corrected chi connectivity index (χ4v) is 5.70. The standard InChI is InChI=1S/C24H40N2O12S/c1-25-16(31)5-2-3-6-17(32)26-7-4-8-35-23-22-21(19(34)15(11-28)36-23)38-24(12-39-22)9-13(29)18(33)20(37-24)14(30)10-27/h13-15,18-20,23,27-30,33-34H,2-12H2,1H3,(H,25,31)(H,26,32)/t13?,14-,15?,18?,19?,20-,23?,24+/m1/s1. The Balaban J connectivity index is 1.54. The zero-order valence-corrected chi connectivity index (χ0v) is 22.7. The van der Waals surface area contributed by atoms with Crippen molar-refractivity contribution in [2.24, 2.45) is 0 Å². The number of unbranched alkanes of at least 4 members (excludes halogenated alkanes) is 1. The molecule has 1 saturated heterocycles. The van der Waals surface area contributed by atoms with Crippen molar-refractivity contribution in [3.8, 4) is 0 Å². The second-order valence-corrected chi connectivity index (χ2v) is 10.7. The summed E-state index contributed by atoms with van der Waals surface area (Å²) in [5.74, 6) is -1.57. The van der Waals surface area contributed by atoms with Crippen molar-refractivity contribution in [2.75, 3.05) is 39.2 Å². The number of amides is 2. The van der Waals surface area contributed by atoms with E-state index >= 15 is 0 Å². The van der Waals surface area contributed by atoms with E-state index in [9.17, 15) is 40.2 Å². The Kier molecular flexibility index (Phi) is 12.2. The van der Waals surface area contributed by atoms with Gasteiger partial charge in [-0.15, -0.1) is 11.8 Å². The van der Waals surface area contributed by atoms with E-state index < -0.39 is 61.9 Å². The fraction of sp³-hybridized carbons (Fsp3) is 0.833. The predicted octanol–water partition coefficient (Wildman–Crippen LogP) is -2.57. The lowest BCUT2D eigenvalue weighted by molar-refractivity contribution is -0.320. The summed E-state index contributed by atoms with van der Waals surface area (Å²) < 4.78 is 23.4. The van der Waals surface area contributed by atoms with Crippen LogP contribution in [-0.2, 0) is 28.5 Å². The molecule has 1 fully saturated rings. The monoisotopic (exact) mass is 580 g/mol. The highest BCUT2D eigenvalue weighted by Crippen LogP contribution is 2.47. The van der Waals surface area contributed by atoms with Crippen LogP contribution in [0.25, 0.3) is 0 Å². The third kappa shape index (κ3) is 8.25. The van der Waals surface area contributed by atoms with Crippen LogP contribution in [0, 0.1) is 0 Å². The molecule has 0 aromatic heterocycles. The molecule has 0 aromatic carbocycles. The predicted molar refractivity (Wildman–Crippen MR) is 136 cm³/mol. The molecule has 0 aliphatic carbocycles. The minimum Gasteiger partial charge on any atom is -0.462 e. The molecule has 5 unspecified atom stereocenters. The molecule has 0 bridgehead atoms. The van der Waals surface area contributed by atoms with Gasteiger partial charge in [-0.1, -0.05) is 0 Å². The quantitative estimate of drug-likeness (QED) is 0.105. The van der Waals surface area contributed by atoms with Gasteiger partial charge in [-0.3, -0.25) is 9.59 Å². The number of carbonyl (C=O) groups is 2. The number of aliphatic hydroxyl groups excluding tert-OH is 6. The Morgan fingerprint density at radius 3 is 2.54 bits per heavy atom. The van der Waals surface area contributed by atoms with E-state index in [1.165, 1.54) is 11.8 Å². The van der Waals surface area contributed by atoms with Gasteiger partial charge >= 0.3 is 0 Å². The van der Waals surface area contributed by atoms with Crippen LogP contribution in [0.1, 0.15) is 38.5 Å². The molecule has 3 rings (SSSR count). The highest BCUT2D eigenvalue weighted by atomic mass is 32.2. The maximum Gasteiger partial charge on any atom is 0.222 e. The number of hydrogen-bond donors (Lipinski definition) is 8. The highest BCUT2D eigenvalue weighted by molar-refractivity contribution is 8.03. The van der Waals surface area contributed by atoms with Gasteiger partial charge in [-0.2, -0.15) is 0 Å². The molecule has 3 aliphatic rings. The summed E-state index contributed by atoms with van der Waals surface area (Å²) in [6.07, 6.45) is -6.78. The number of hydrogen-bond acceptors (Lipinski definition) is 13. The van der Waals surface area contributed by atoms with Crippen molar-refractivity contribution in [1.82, 2.24) is 10.6 Å². The first kappa shape index (κ1) is 32.0. The first-order chi connectivity index (χ1) is 18.6. The van der Waals surface area contributed by atoms with Gasteiger partial charge in [-0.25, -0.2) is 0 Å². The summed E-state index contributed by atoms with van der Waals surface area (Å²) in [4.78, 5) is 23.6. The molecule has 0 saturated carbocycles. The van der Waals surface area contributed by atoms with Crippen LogP contribution in [0.2, 0.25) is 0 Å². The van der Waals surface area contributed by atoms with E-state index in [1.54, 1.807) is 7.05 Å². The van der Waals surface area contributed by atoms with Gasteiger partial charge in [0.25, 0.3) is 0 Å². The van der Waals surface area contributed by atoms with E-state index in [1.807, 2.05) is 0 Å². The average Bonchev–Trinajstić information content (AvgIpc) is 2.93. The van der Waals surface area contributed by atoms with Crippen LogP contribution in [0.5, 0.6) is 0 Å². The molecular weight excluding hydrogens is 540 g/mol. The van der Waals surface area contributed by atoms with Crippen LogP contribution in [-0.4, -0.2) is 130 Å². The molecule has 14 nitrogen and oxygen atoms in total. The van der Waals surface area contributed by atoms with Crippen molar-refractivity contribution >= 4 is 23.6 Å². The number of ether oxygens (including phenoxy) is 4. The number of rotatable bonds is 13. The largest absolute Gasteiger partial charge is 0.462 e. The zero-order chi connectivity index (χ0) is 28.6. The smallest absolute Gasteiger partial charge is 0.222 e. The first-order valence-electron chi connectivity index (χ1n) is 13.1. The number of carbonyl (C=O) groups excluding carboxylic acids is 2. The molecule has 3 aliphatic heterocycles. The SMILES string of the molecule is CNC(=O)CCCCC(=O)NCCCOC1OC(CO)C(O)C2=C1SC[C@]1(CC(O)C(O)[C@@H]([C@H](O)CO)O1)O2. The molecule has 8 N–H and O–H groups in total. The van der Waals surface area contributed by atoms with Gasteiger partial charge in [0, 0.05) is 32.9 Å². The third-order valence-corrected chi connectivity index (χ3v) is 8.01. The van der Waals surface area contributed by atoms with E-state index in [0.717, 1.165) is 0 Å². The Morgan fingerprint density at radius 1 is 1.15 bits per heavy atom. The van der Waals surface area contributed by atoms with Crippen LogP contribution in [0.4, 0.5) is 0 Å². The van der Waals surface area contributed by atoms with Crippen LogP contribution in [0.3, 0.4) is 0 Å². The summed E-state index contributed by atoms with van der Waals surface area (Å²) in [5.41, 5.74) is 0. The highest BCUT2D eigenvalue weighted by Gasteiger charge is 2.55. The normalized spacial score (nSPS) is 33.3. The summed E-state index contributed by atoms with van der Waals surface area (Å²) >= 11 is 1.19. The van der Waals surface area contributed by atoms with Gasteiger partial charge in [0.1, 0.15) is 36.3 Å². The molecule has 224 valence electrons. The van der Waals surface area contributed by atoms with Crippen LogP contribution in [0.15, 0.2) is 10.7 Å². The molecule has 1 spiro atoms. The molecule has 0 aromatic rings. The second-order valence-electron chi connectivity index (χ2n) is 9.71. The molecule has 0 radical (unpaired) electrons. The van der Waals surface area contributed by atoms with E-state index in [2.05, 4.69) is 10.6 Å². The maximum absolute atomic E-state index is 12.0. The summed E-state index contributed by atoms with van der Waals surface area (Å²) in [6, 6.07) is 0. The summed E-state index contributed by atoms with van der Waals surface area (Å²) in [7, 11) is 1.57. The molecule has 8 atom stereocenters. The Labute approximate surface area is 230 Å². The minimum atomic E-state index is -1.52. The lowest BCUT2D eigenvalue weighted by Gasteiger charge is -2.50. The number of nitrogens with one attached hydrogen (secondary N) is 2. The van der Waals surface area contributed by atoms with Gasteiger partial charge in [0.2, 0.25) is 17.6 Å². The van der Waals surface area contributed by atoms with Crippen LogP contribution < -0.4 is 10.6 Å². The van der Waals surface area contributed by atoms with Crippen LogP contribution >= 0.6 is 11.8 Å². The lowest BCUT2D eigenvalue weighted by atomic mass is 9.93. The van der Waals surface area contributed by atoms with Crippen molar-refractivity contribution in [3.63, 3.8) is 0 Å². The van der Waals surface area contributed by atoms with E-state index in [0.29, 0.717) is 43.6 Å². The second kappa shape index (κ2) is 14.9.